The van der Waals surface area contributed by atoms with Gasteiger partial charge in [-0.25, -0.2) is 0 Å². The molecule has 0 spiro atoms. The first-order chi connectivity index (χ1) is 9.43. The molecule has 0 amide bonds. The van der Waals surface area contributed by atoms with Gasteiger partial charge < -0.3 is 4.42 Å². The van der Waals surface area contributed by atoms with Crippen molar-refractivity contribution in [3.05, 3.63) is 73.0 Å². The van der Waals surface area contributed by atoms with Crippen molar-refractivity contribution in [3.63, 3.8) is 0 Å². The molecule has 90 valence electrons. The van der Waals surface area contributed by atoms with E-state index in [9.17, 15) is 0 Å². The predicted molar refractivity (Wildman–Crippen MR) is 79.2 cm³/mol. The first kappa shape index (κ1) is 10.4. The van der Waals surface area contributed by atoms with E-state index in [4.69, 9.17) is 4.42 Å². The Hall–Kier alpha value is -2.54. The minimum Gasteiger partial charge on any atom is -0.464 e. The van der Waals surface area contributed by atoms with Crippen molar-refractivity contribution in [2.75, 3.05) is 0 Å². The molecule has 0 saturated carbocycles. The van der Waals surface area contributed by atoms with Gasteiger partial charge in [-0.2, -0.15) is 0 Å². The number of rotatable bonds is 1. The van der Waals surface area contributed by atoms with E-state index in [1.165, 1.54) is 21.7 Å². The van der Waals surface area contributed by atoms with Gasteiger partial charge in [0.1, 0.15) is 5.58 Å². The van der Waals surface area contributed by atoms with Gasteiger partial charge in [0.2, 0.25) is 0 Å². The second-order valence-corrected chi connectivity index (χ2v) is 4.68. The van der Waals surface area contributed by atoms with Crippen LogP contribution >= 0.6 is 0 Å². The van der Waals surface area contributed by atoms with Crippen LogP contribution < -0.4 is 0 Å². The molecule has 4 aromatic rings. The fraction of sp³-hybridized carbons (Fsp3) is 0. The summed E-state index contributed by atoms with van der Waals surface area (Å²) >= 11 is 0. The molecule has 1 heteroatoms. The van der Waals surface area contributed by atoms with Gasteiger partial charge in [-0.05, 0) is 22.4 Å². The first-order valence-electron chi connectivity index (χ1n) is 6.38. The number of hydrogen-bond donors (Lipinski definition) is 0. The van der Waals surface area contributed by atoms with Crippen molar-refractivity contribution < 1.29 is 4.42 Å². The number of furan rings is 1. The summed E-state index contributed by atoms with van der Waals surface area (Å²) in [5.41, 5.74) is 3.29. The van der Waals surface area contributed by atoms with Crippen LogP contribution in [0.25, 0.3) is 32.9 Å². The number of fused-ring (bicyclic) bond motifs is 3. The van der Waals surface area contributed by atoms with E-state index in [2.05, 4.69) is 54.6 Å². The highest BCUT2D eigenvalue weighted by molar-refractivity contribution is 6.12. The second-order valence-electron chi connectivity index (χ2n) is 4.68. The van der Waals surface area contributed by atoms with Crippen molar-refractivity contribution in [1.82, 2.24) is 0 Å². The molecule has 0 aliphatic carbocycles. The lowest BCUT2D eigenvalue weighted by atomic mass is 10.00. The van der Waals surface area contributed by atoms with Gasteiger partial charge in [-0.15, -0.1) is 0 Å². The normalized spacial score (nSPS) is 11.2. The second kappa shape index (κ2) is 3.99. The number of hydrogen-bond acceptors (Lipinski definition) is 1. The largest absolute Gasteiger partial charge is 0.464 e. The molecule has 19 heavy (non-hydrogen) atoms. The zero-order chi connectivity index (χ0) is 12.7. The monoisotopic (exact) mass is 244 g/mol. The maximum Gasteiger partial charge on any atom is 0.135 e. The molecule has 0 aliphatic rings. The summed E-state index contributed by atoms with van der Waals surface area (Å²) in [7, 11) is 0. The van der Waals surface area contributed by atoms with Gasteiger partial charge in [-0.3, -0.25) is 0 Å². The molecule has 0 atom stereocenters. The van der Waals surface area contributed by atoms with E-state index >= 15 is 0 Å². The molecular weight excluding hydrogens is 232 g/mol. The third kappa shape index (κ3) is 1.55. The molecule has 4 rings (SSSR count). The van der Waals surface area contributed by atoms with Crippen LogP contribution in [0.2, 0.25) is 0 Å². The van der Waals surface area contributed by atoms with E-state index in [1.807, 2.05) is 18.4 Å². The standard InChI is InChI=1S/C18H12O/c1-2-6-13(7-3-1)16-12-19-17-11-10-14-8-4-5-9-15(14)18(16)17/h1-12H. The summed E-state index contributed by atoms with van der Waals surface area (Å²) in [5.74, 6) is 0. The van der Waals surface area contributed by atoms with E-state index in [1.54, 1.807) is 0 Å². The van der Waals surface area contributed by atoms with E-state index in [0.29, 0.717) is 0 Å². The Morgan fingerprint density at radius 3 is 2.37 bits per heavy atom. The van der Waals surface area contributed by atoms with Crippen LogP contribution in [0.3, 0.4) is 0 Å². The molecule has 1 nitrogen and oxygen atoms in total. The molecule has 0 aliphatic heterocycles. The van der Waals surface area contributed by atoms with Crippen LogP contribution in [0, 0.1) is 0 Å². The summed E-state index contributed by atoms with van der Waals surface area (Å²) in [6.45, 7) is 0. The predicted octanol–water partition coefficient (Wildman–Crippen LogP) is 5.25. The SMILES string of the molecule is c1ccc(-c2coc3ccc4ccccc4c23)cc1. The van der Waals surface area contributed by atoms with E-state index in [-0.39, 0.29) is 0 Å². The molecule has 0 bridgehead atoms. The van der Waals surface area contributed by atoms with Crippen molar-refractivity contribution in [2.45, 2.75) is 0 Å². The molecule has 0 radical (unpaired) electrons. The summed E-state index contributed by atoms with van der Waals surface area (Å²) in [4.78, 5) is 0. The third-order valence-corrected chi connectivity index (χ3v) is 3.55. The van der Waals surface area contributed by atoms with Crippen LogP contribution in [0.1, 0.15) is 0 Å². The molecule has 0 unspecified atom stereocenters. The lowest BCUT2D eigenvalue weighted by Crippen LogP contribution is -1.77. The Morgan fingerprint density at radius 2 is 1.47 bits per heavy atom. The Morgan fingerprint density at radius 1 is 0.684 bits per heavy atom. The van der Waals surface area contributed by atoms with Crippen LogP contribution in [0.4, 0.5) is 0 Å². The average Bonchev–Trinajstić information content (AvgIpc) is 2.92. The Bertz CT molecular complexity index is 857. The van der Waals surface area contributed by atoms with E-state index < -0.39 is 0 Å². The topological polar surface area (TPSA) is 13.1 Å². The quantitative estimate of drug-likeness (QED) is 0.445. The smallest absolute Gasteiger partial charge is 0.135 e. The molecule has 0 saturated heterocycles. The van der Waals surface area contributed by atoms with Crippen LogP contribution in [0.15, 0.2) is 77.4 Å². The summed E-state index contributed by atoms with van der Waals surface area (Å²) in [6.07, 6.45) is 1.85. The Labute approximate surface area is 111 Å². The maximum absolute atomic E-state index is 5.71. The number of benzene rings is 3. The maximum atomic E-state index is 5.71. The lowest BCUT2D eigenvalue weighted by Gasteiger charge is -2.02. The van der Waals surface area contributed by atoms with Crippen LogP contribution in [-0.4, -0.2) is 0 Å². The highest BCUT2D eigenvalue weighted by Gasteiger charge is 2.10. The molecular formula is C18H12O. The van der Waals surface area contributed by atoms with Crippen molar-refractivity contribution in [1.29, 1.82) is 0 Å². The first-order valence-corrected chi connectivity index (χ1v) is 6.38. The van der Waals surface area contributed by atoms with E-state index in [0.717, 1.165) is 11.1 Å². The van der Waals surface area contributed by atoms with Gasteiger partial charge in [0.15, 0.2) is 0 Å². The minimum atomic E-state index is 0.942. The molecule has 3 aromatic carbocycles. The van der Waals surface area contributed by atoms with Crippen molar-refractivity contribution in [2.24, 2.45) is 0 Å². The van der Waals surface area contributed by atoms with Crippen molar-refractivity contribution >= 4 is 21.7 Å². The van der Waals surface area contributed by atoms with Gasteiger partial charge in [0, 0.05) is 10.9 Å². The van der Waals surface area contributed by atoms with Gasteiger partial charge in [0.05, 0.1) is 6.26 Å². The van der Waals surface area contributed by atoms with Gasteiger partial charge >= 0.3 is 0 Å². The highest BCUT2D eigenvalue weighted by atomic mass is 16.3. The fourth-order valence-corrected chi connectivity index (χ4v) is 2.64. The van der Waals surface area contributed by atoms with Crippen molar-refractivity contribution in [3.8, 4) is 11.1 Å². The Balaban J connectivity index is 2.15. The molecule has 1 heterocycles. The lowest BCUT2D eigenvalue weighted by molar-refractivity contribution is 0.617. The van der Waals surface area contributed by atoms with Gasteiger partial charge in [-0.1, -0.05) is 60.7 Å². The minimum absolute atomic E-state index is 0.942. The summed E-state index contributed by atoms with van der Waals surface area (Å²) in [6, 6.07) is 23.0. The zero-order valence-corrected chi connectivity index (χ0v) is 10.3. The third-order valence-electron chi connectivity index (χ3n) is 3.55. The molecule has 0 N–H and O–H groups in total. The summed E-state index contributed by atoms with van der Waals surface area (Å²) < 4.78 is 5.71. The van der Waals surface area contributed by atoms with Crippen LogP contribution in [-0.2, 0) is 0 Å². The summed E-state index contributed by atoms with van der Waals surface area (Å²) in [5, 5.41) is 3.69. The fourth-order valence-electron chi connectivity index (χ4n) is 2.64. The zero-order valence-electron chi connectivity index (χ0n) is 10.3. The molecule has 0 fully saturated rings. The molecule has 1 aromatic heterocycles. The highest BCUT2D eigenvalue weighted by Crippen LogP contribution is 2.35. The Kier molecular flexibility index (Phi) is 2.18. The van der Waals surface area contributed by atoms with Gasteiger partial charge in [0.25, 0.3) is 0 Å². The average molecular weight is 244 g/mol. The van der Waals surface area contributed by atoms with Crippen LogP contribution in [0.5, 0.6) is 0 Å².